The maximum Gasteiger partial charge on any atom is 0.158 e. The van der Waals surface area contributed by atoms with Crippen LogP contribution in [0, 0.1) is 22.7 Å². The van der Waals surface area contributed by atoms with E-state index in [2.05, 4.69) is 54.5 Å². The highest BCUT2D eigenvalue weighted by Gasteiger charge is 2.36. The Bertz CT molecular complexity index is 349. The Morgan fingerprint density at radius 3 is 2.21 bits per heavy atom. The van der Waals surface area contributed by atoms with E-state index in [1.165, 1.54) is 6.42 Å². The Labute approximate surface area is 119 Å². The zero-order valence-electron chi connectivity index (χ0n) is 14.0. The summed E-state index contributed by atoms with van der Waals surface area (Å²) in [7, 11) is 0. The minimum atomic E-state index is 0.299. The van der Waals surface area contributed by atoms with Gasteiger partial charge in [-0.15, -0.1) is 0 Å². The van der Waals surface area contributed by atoms with Crippen LogP contribution in [0.5, 0.6) is 0 Å². The van der Waals surface area contributed by atoms with Gasteiger partial charge in [-0.25, -0.2) is 0 Å². The van der Waals surface area contributed by atoms with Crippen molar-refractivity contribution in [2.45, 2.75) is 74.1 Å². The fourth-order valence-corrected chi connectivity index (χ4v) is 3.28. The maximum absolute atomic E-state index is 11.9. The number of allylic oxidation sites excluding steroid dienone is 2. The average molecular weight is 264 g/mol. The standard InChI is InChI=1S/C18H32O/c1-8-13-11-14(9-10-16(13)19)15(18(5,6)7)12-17(2,3)4/h11,14-15H,8-10,12H2,1-7H3. The molecule has 0 aliphatic heterocycles. The zero-order chi connectivity index (χ0) is 14.8. The summed E-state index contributed by atoms with van der Waals surface area (Å²) in [6, 6.07) is 0. The lowest BCUT2D eigenvalue weighted by molar-refractivity contribution is -0.116. The summed E-state index contributed by atoms with van der Waals surface area (Å²) in [5.41, 5.74) is 1.72. The molecule has 1 nitrogen and oxygen atoms in total. The molecule has 1 rings (SSSR count). The second-order valence-corrected chi connectivity index (χ2v) is 8.41. The van der Waals surface area contributed by atoms with Gasteiger partial charge < -0.3 is 0 Å². The van der Waals surface area contributed by atoms with Crippen LogP contribution >= 0.6 is 0 Å². The van der Waals surface area contributed by atoms with Crippen LogP contribution in [0.15, 0.2) is 11.6 Å². The van der Waals surface area contributed by atoms with E-state index in [1.807, 2.05) is 0 Å². The fraction of sp³-hybridized carbons (Fsp3) is 0.833. The quantitative estimate of drug-likeness (QED) is 0.667. The Hall–Kier alpha value is -0.590. The highest BCUT2D eigenvalue weighted by Crippen LogP contribution is 2.44. The number of Topliss-reactive ketones (excluding diaryl/α,β-unsaturated/α-hetero) is 1. The Morgan fingerprint density at radius 2 is 1.79 bits per heavy atom. The topological polar surface area (TPSA) is 17.1 Å². The van der Waals surface area contributed by atoms with Gasteiger partial charge in [-0.1, -0.05) is 54.5 Å². The number of hydrogen-bond acceptors (Lipinski definition) is 1. The molecule has 1 aliphatic rings. The molecule has 0 fully saturated rings. The van der Waals surface area contributed by atoms with Gasteiger partial charge in [-0.2, -0.15) is 0 Å². The Morgan fingerprint density at radius 1 is 1.21 bits per heavy atom. The zero-order valence-corrected chi connectivity index (χ0v) is 14.0. The van der Waals surface area contributed by atoms with Crippen molar-refractivity contribution in [3.05, 3.63) is 11.6 Å². The number of ketones is 1. The van der Waals surface area contributed by atoms with Gasteiger partial charge in [-0.05, 0) is 47.5 Å². The van der Waals surface area contributed by atoms with E-state index in [9.17, 15) is 4.79 Å². The summed E-state index contributed by atoms with van der Waals surface area (Å²) in [5.74, 6) is 1.61. The monoisotopic (exact) mass is 264 g/mol. The first-order chi connectivity index (χ1) is 8.54. The molecule has 0 amide bonds. The van der Waals surface area contributed by atoms with Gasteiger partial charge >= 0.3 is 0 Å². The third-order valence-electron chi connectivity index (χ3n) is 4.32. The summed E-state index contributed by atoms with van der Waals surface area (Å²) in [6.07, 6.45) is 6.21. The molecule has 0 saturated carbocycles. The first-order valence-electron chi connectivity index (χ1n) is 7.78. The third kappa shape index (κ3) is 4.78. The van der Waals surface area contributed by atoms with E-state index < -0.39 is 0 Å². The van der Waals surface area contributed by atoms with E-state index in [-0.39, 0.29) is 0 Å². The van der Waals surface area contributed by atoms with E-state index in [4.69, 9.17) is 0 Å². The average Bonchev–Trinajstić information content (AvgIpc) is 2.24. The molecule has 19 heavy (non-hydrogen) atoms. The third-order valence-corrected chi connectivity index (χ3v) is 4.32. The van der Waals surface area contributed by atoms with Crippen LogP contribution in [0.1, 0.15) is 74.1 Å². The summed E-state index contributed by atoms with van der Waals surface area (Å²) < 4.78 is 0. The summed E-state index contributed by atoms with van der Waals surface area (Å²) >= 11 is 0. The van der Waals surface area contributed by atoms with Crippen molar-refractivity contribution in [1.82, 2.24) is 0 Å². The molecule has 110 valence electrons. The van der Waals surface area contributed by atoms with Gasteiger partial charge in [-0.3, -0.25) is 4.79 Å². The Balaban J connectivity index is 2.99. The molecule has 0 radical (unpaired) electrons. The second-order valence-electron chi connectivity index (χ2n) is 8.41. The molecular formula is C18H32O. The first kappa shape index (κ1) is 16.5. The molecule has 1 aliphatic carbocycles. The number of rotatable bonds is 3. The van der Waals surface area contributed by atoms with E-state index >= 15 is 0 Å². The van der Waals surface area contributed by atoms with Crippen LogP contribution in [0.2, 0.25) is 0 Å². The molecule has 2 atom stereocenters. The summed E-state index contributed by atoms with van der Waals surface area (Å²) in [5, 5.41) is 0. The van der Waals surface area contributed by atoms with E-state index in [0.29, 0.717) is 28.4 Å². The van der Waals surface area contributed by atoms with Crippen molar-refractivity contribution in [1.29, 1.82) is 0 Å². The molecule has 0 heterocycles. The van der Waals surface area contributed by atoms with Crippen LogP contribution in [-0.2, 0) is 4.79 Å². The van der Waals surface area contributed by atoms with Gasteiger partial charge in [0.1, 0.15) is 0 Å². The summed E-state index contributed by atoms with van der Waals surface area (Å²) in [4.78, 5) is 11.9. The maximum atomic E-state index is 11.9. The van der Waals surface area contributed by atoms with Gasteiger partial charge in [0.25, 0.3) is 0 Å². The van der Waals surface area contributed by atoms with Gasteiger partial charge in [0.15, 0.2) is 5.78 Å². The highest BCUT2D eigenvalue weighted by atomic mass is 16.1. The molecule has 0 aromatic rings. The van der Waals surface area contributed by atoms with E-state index in [0.717, 1.165) is 24.8 Å². The van der Waals surface area contributed by atoms with Crippen molar-refractivity contribution < 1.29 is 4.79 Å². The minimum Gasteiger partial charge on any atom is -0.295 e. The largest absolute Gasteiger partial charge is 0.295 e. The molecule has 0 spiro atoms. The lowest BCUT2D eigenvalue weighted by atomic mass is 9.64. The van der Waals surface area contributed by atoms with Crippen LogP contribution in [0.4, 0.5) is 0 Å². The van der Waals surface area contributed by atoms with Crippen molar-refractivity contribution in [2.24, 2.45) is 22.7 Å². The predicted octanol–water partition coefficient (Wildman–Crippen LogP) is 5.40. The lowest BCUT2D eigenvalue weighted by Crippen LogP contribution is -2.33. The summed E-state index contributed by atoms with van der Waals surface area (Å²) in [6.45, 7) is 16.1. The van der Waals surface area contributed by atoms with Crippen molar-refractivity contribution in [3.8, 4) is 0 Å². The Kier molecular flexibility index (Phi) is 5.03. The van der Waals surface area contributed by atoms with Crippen LogP contribution in [0.25, 0.3) is 0 Å². The van der Waals surface area contributed by atoms with Gasteiger partial charge in [0.05, 0.1) is 0 Å². The van der Waals surface area contributed by atoms with Crippen molar-refractivity contribution in [2.75, 3.05) is 0 Å². The number of hydrogen-bond donors (Lipinski definition) is 0. The van der Waals surface area contributed by atoms with Gasteiger partial charge in [0.2, 0.25) is 0 Å². The van der Waals surface area contributed by atoms with Crippen molar-refractivity contribution in [3.63, 3.8) is 0 Å². The molecule has 0 aromatic heterocycles. The van der Waals surface area contributed by atoms with Crippen LogP contribution < -0.4 is 0 Å². The normalized spacial score (nSPS) is 23.2. The lowest BCUT2D eigenvalue weighted by Gasteiger charge is -2.41. The first-order valence-corrected chi connectivity index (χ1v) is 7.78. The van der Waals surface area contributed by atoms with Crippen LogP contribution in [-0.4, -0.2) is 5.78 Å². The van der Waals surface area contributed by atoms with E-state index in [1.54, 1.807) is 0 Å². The SMILES string of the molecule is CCC1=CC(C(CC(C)(C)C)C(C)(C)C)CCC1=O. The van der Waals surface area contributed by atoms with Crippen molar-refractivity contribution >= 4 is 5.78 Å². The molecular weight excluding hydrogens is 232 g/mol. The number of carbonyl (C=O) groups excluding carboxylic acids is 1. The molecule has 0 N–H and O–H groups in total. The van der Waals surface area contributed by atoms with Gasteiger partial charge in [0, 0.05) is 6.42 Å². The molecule has 1 heteroatoms. The minimum absolute atomic E-state index is 0.299. The molecule has 0 saturated heterocycles. The highest BCUT2D eigenvalue weighted by molar-refractivity contribution is 5.96. The van der Waals surface area contributed by atoms with Crippen LogP contribution in [0.3, 0.4) is 0 Å². The molecule has 0 aromatic carbocycles. The molecule has 2 unspecified atom stereocenters. The molecule has 0 bridgehead atoms. The fourth-order valence-electron chi connectivity index (χ4n) is 3.28. The second kappa shape index (κ2) is 5.81. The smallest absolute Gasteiger partial charge is 0.158 e. The number of carbonyl (C=O) groups is 1. The predicted molar refractivity (Wildman–Crippen MR) is 83.1 cm³/mol.